The molecule has 68 heavy (non-hydrogen) atoms. The number of hydrogen-bond donors (Lipinski definition) is 0. The van der Waals surface area contributed by atoms with E-state index in [-0.39, 0.29) is 17.7 Å². The zero-order valence-electron chi connectivity index (χ0n) is 39.1. The maximum Gasteiger partial charge on any atom is 0.333 e. The van der Waals surface area contributed by atoms with Crippen molar-refractivity contribution in [2.24, 2.45) is 0 Å². The molecule has 0 radical (unpaired) electrons. The highest BCUT2D eigenvalue weighted by molar-refractivity contribution is 6.94. The Morgan fingerprint density at radius 3 is 1.79 bits per heavy atom. The molecular weight excluding hydrogens is 830 g/mol. The number of fused-ring (bicyclic) bond motifs is 16. The van der Waals surface area contributed by atoms with Crippen LogP contribution in [0.15, 0.2) is 191 Å². The lowest BCUT2D eigenvalue weighted by molar-refractivity contribution is 0.590. The molecule has 0 N–H and O–H groups in total. The van der Waals surface area contributed by atoms with Crippen LogP contribution in [0.2, 0.25) is 0 Å². The summed E-state index contributed by atoms with van der Waals surface area (Å²) in [6.07, 6.45) is 0. The summed E-state index contributed by atoms with van der Waals surface area (Å²) < 4.78 is 16.7. The first-order valence-electron chi connectivity index (χ1n) is 23.9. The highest BCUT2D eigenvalue weighted by Crippen LogP contribution is 2.53. The van der Waals surface area contributed by atoms with Crippen molar-refractivity contribution >= 4 is 112 Å². The summed E-state index contributed by atoms with van der Waals surface area (Å²) in [6, 6.07) is 66.8. The Kier molecular flexibility index (Phi) is 7.96. The van der Waals surface area contributed by atoms with Crippen molar-refractivity contribution in [3.05, 3.63) is 193 Å². The molecule has 0 aliphatic carbocycles. The highest BCUT2D eigenvalue weighted by Gasteiger charge is 2.47. The molecule has 6 heteroatoms. The Morgan fingerprint density at radius 1 is 0.471 bits per heavy atom. The van der Waals surface area contributed by atoms with Crippen LogP contribution in [0.5, 0.6) is 0 Å². The fourth-order valence-corrected chi connectivity index (χ4v) is 11.6. The van der Waals surface area contributed by atoms with E-state index in [0.29, 0.717) is 0 Å². The molecule has 0 unspecified atom stereocenters. The lowest BCUT2D eigenvalue weighted by Crippen LogP contribution is -2.60. The first-order chi connectivity index (χ1) is 33.0. The minimum Gasteiger partial charge on any atom is -0.456 e. The monoisotopic (exact) mass is 877 g/mol. The Balaban J connectivity index is 1.19. The number of aromatic nitrogens is 1. The third kappa shape index (κ3) is 5.46. The van der Waals surface area contributed by atoms with Gasteiger partial charge in [0.2, 0.25) is 0 Å². The SMILES string of the molecule is CC(C)(C)c1ccc(N2B3c4cc5oc6ccccc6c5cc4-n4c5ccc(C(C)(C)C)cc5c5c6c(oc7ccccc76)c(c3c54)-c3ccc(N(c4ccccc4)c4ccccc4)cc32)cc1. The maximum absolute atomic E-state index is 7.30. The summed E-state index contributed by atoms with van der Waals surface area (Å²) in [6.45, 7) is 13.5. The Hall–Kier alpha value is -7.96. The molecule has 2 aliphatic rings. The molecular formula is C62H48BN3O2. The molecule has 12 aromatic rings. The van der Waals surface area contributed by atoms with E-state index in [9.17, 15) is 0 Å². The predicted molar refractivity (Wildman–Crippen MR) is 286 cm³/mol. The second-order valence-corrected chi connectivity index (χ2v) is 20.9. The number of nitrogens with zero attached hydrogens (tertiary/aromatic N) is 3. The molecule has 5 heterocycles. The van der Waals surface area contributed by atoms with E-state index in [4.69, 9.17) is 8.83 Å². The molecule has 0 fully saturated rings. The van der Waals surface area contributed by atoms with E-state index in [1.54, 1.807) is 0 Å². The van der Waals surface area contributed by atoms with E-state index in [0.717, 1.165) is 89.1 Å². The van der Waals surface area contributed by atoms with E-state index >= 15 is 0 Å². The van der Waals surface area contributed by atoms with Crippen LogP contribution in [0.3, 0.4) is 0 Å². The van der Waals surface area contributed by atoms with Crippen LogP contribution in [-0.4, -0.2) is 11.4 Å². The molecule has 0 atom stereocenters. The summed E-state index contributed by atoms with van der Waals surface area (Å²) in [5.41, 5.74) is 19.8. The number of benzene rings is 9. The van der Waals surface area contributed by atoms with Crippen LogP contribution in [0.25, 0.3) is 82.5 Å². The van der Waals surface area contributed by atoms with Crippen molar-refractivity contribution in [2.75, 3.05) is 9.71 Å². The van der Waals surface area contributed by atoms with Gasteiger partial charge in [-0.1, -0.05) is 139 Å². The summed E-state index contributed by atoms with van der Waals surface area (Å²) in [4.78, 5) is 4.98. The Morgan fingerprint density at radius 2 is 1.10 bits per heavy atom. The van der Waals surface area contributed by atoms with Crippen LogP contribution >= 0.6 is 0 Å². The zero-order valence-corrected chi connectivity index (χ0v) is 39.1. The minimum absolute atomic E-state index is 0.0137. The van der Waals surface area contributed by atoms with E-state index in [1.807, 2.05) is 0 Å². The second-order valence-electron chi connectivity index (χ2n) is 20.9. The molecule has 0 spiro atoms. The van der Waals surface area contributed by atoms with Crippen LogP contribution in [0, 0.1) is 0 Å². The number of hydrogen-bond acceptors (Lipinski definition) is 4. The highest BCUT2D eigenvalue weighted by atomic mass is 16.3. The third-order valence-corrected chi connectivity index (χ3v) is 14.8. The average Bonchev–Trinajstić information content (AvgIpc) is 4.02. The lowest BCUT2D eigenvalue weighted by atomic mass is 9.43. The Bertz CT molecular complexity index is 4010. The number of para-hydroxylation sites is 4. The van der Waals surface area contributed by atoms with Gasteiger partial charge in [-0.05, 0) is 118 Å². The van der Waals surface area contributed by atoms with Gasteiger partial charge in [-0.15, -0.1) is 0 Å². The lowest BCUT2D eigenvalue weighted by Gasteiger charge is -2.42. The number of anilines is 5. The fourth-order valence-electron chi connectivity index (χ4n) is 11.6. The molecule has 5 nitrogen and oxygen atoms in total. The van der Waals surface area contributed by atoms with E-state index in [1.165, 1.54) is 43.9 Å². The van der Waals surface area contributed by atoms with Crippen molar-refractivity contribution in [3.63, 3.8) is 0 Å². The van der Waals surface area contributed by atoms with Crippen molar-refractivity contribution in [1.29, 1.82) is 0 Å². The van der Waals surface area contributed by atoms with Crippen LogP contribution in [0.1, 0.15) is 52.7 Å². The maximum atomic E-state index is 7.30. The summed E-state index contributed by atoms with van der Waals surface area (Å²) in [5, 5.41) is 6.99. The quantitative estimate of drug-likeness (QED) is 0.165. The molecule has 326 valence electrons. The van der Waals surface area contributed by atoms with Gasteiger partial charge in [0.25, 0.3) is 0 Å². The smallest absolute Gasteiger partial charge is 0.333 e. The number of rotatable bonds is 4. The molecule has 3 aromatic heterocycles. The summed E-state index contributed by atoms with van der Waals surface area (Å²) >= 11 is 0. The largest absolute Gasteiger partial charge is 0.456 e. The predicted octanol–water partition coefficient (Wildman–Crippen LogP) is 15.9. The average molecular weight is 878 g/mol. The van der Waals surface area contributed by atoms with Gasteiger partial charge in [-0.25, -0.2) is 0 Å². The fraction of sp³-hybridized carbons (Fsp3) is 0.129. The van der Waals surface area contributed by atoms with E-state index in [2.05, 4.69) is 238 Å². The van der Waals surface area contributed by atoms with Gasteiger partial charge in [0.15, 0.2) is 0 Å². The van der Waals surface area contributed by atoms with Crippen molar-refractivity contribution in [2.45, 2.75) is 52.4 Å². The molecule has 0 bridgehead atoms. The van der Waals surface area contributed by atoms with Gasteiger partial charge < -0.3 is 23.1 Å². The van der Waals surface area contributed by atoms with Gasteiger partial charge in [-0.2, -0.15) is 0 Å². The zero-order chi connectivity index (χ0) is 45.8. The number of furan rings is 2. The molecule has 0 saturated heterocycles. The molecule has 9 aromatic carbocycles. The minimum atomic E-state index is -0.262. The van der Waals surface area contributed by atoms with Gasteiger partial charge >= 0.3 is 6.85 Å². The van der Waals surface area contributed by atoms with Crippen LogP contribution in [0.4, 0.5) is 28.4 Å². The first kappa shape index (κ1) is 39.2. The van der Waals surface area contributed by atoms with Gasteiger partial charge in [0.05, 0.1) is 11.0 Å². The standard InChI is InChI=1S/C62H48BN3O2/c1-61(2,3)37-25-28-41(29-26-37)66-50-34-42(64(39-17-9-7-10-18-39)40-19-11-8-12-20-40)30-31-44(50)57-58-59-55(56-45-22-14-16-24-53(45)68-60(56)57)47-33-38(62(4,5)6)27-32-49(47)65(59)51-35-46-43-21-13-15-23-52(43)67-54(46)36-48(51)63(58)66/h7-36H,1-6H3. The topological polar surface area (TPSA) is 37.7 Å². The van der Waals surface area contributed by atoms with Gasteiger partial charge in [0.1, 0.15) is 22.3 Å². The van der Waals surface area contributed by atoms with E-state index < -0.39 is 0 Å². The molecule has 2 aliphatic heterocycles. The molecule has 0 saturated carbocycles. The first-order valence-corrected chi connectivity index (χ1v) is 23.9. The Labute approximate surface area is 395 Å². The van der Waals surface area contributed by atoms with Crippen LogP contribution < -0.4 is 20.6 Å². The summed E-state index contributed by atoms with van der Waals surface area (Å²) in [5.74, 6) is 0. The van der Waals surface area contributed by atoms with Gasteiger partial charge in [-0.3, -0.25) is 0 Å². The molecule has 0 amide bonds. The van der Waals surface area contributed by atoms with Crippen molar-refractivity contribution in [3.8, 4) is 16.8 Å². The van der Waals surface area contributed by atoms with Gasteiger partial charge in [0, 0.05) is 77.6 Å². The second kappa shape index (κ2) is 13.8. The molecule has 14 rings (SSSR count). The summed E-state index contributed by atoms with van der Waals surface area (Å²) in [7, 11) is 0. The van der Waals surface area contributed by atoms with Crippen LogP contribution in [-0.2, 0) is 10.8 Å². The van der Waals surface area contributed by atoms with Crippen molar-refractivity contribution < 1.29 is 8.83 Å². The normalized spacial score (nSPS) is 13.4. The van der Waals surface area contributed by atoms with Crippen molar-refractivity contribution in [1.82, 2.24) is 4.57 Å². The third-order valence-electron chi connectivity index (χ3n) is 14.8.